The first kappa shape index (κ1) is 17.3. The first-order valence-electron chi connectivity index (χ1n) is 6.18. The number of halogens is 3. The Morgan fingerprint density at radius 1 is 1.27 bits per heavy atom. The molecule has 5 nitrogen and oxygen atoms in total. The van der Waals surface area contributed by atoms with Gasteiger partial charge in [-0.2, -0.15) is 21.6 Å². The summed E-state index contributed by atoms with van der Waals surface area (Å²) < 4.78 is 69.5. The third kappa shape index (κ3) is 2.66. The maximum Gasteiger partial charge on any atom is 0.534 e. The third-order valence-electron chi connectivity index (χ3n) is 3.33. The Kier molecular flexibility index (Phi) is 3.91. The smallest absolute Gasteiger partial charge is 0.452 e. The fourth-order valence-electron chi connectivity index (χ4n) is 1.97. The molecule has 0 amide bonds. The lowest BCUT2D eigenvalue weighted by Gasteiger charge is -2.27. The van der Waals surface area contributed by atoms with Crippen molar-refractivity contribution < 1.29 is 35.4 Å². The number of hydrogen-bond acceptors (Lipinski definition) is 5. The monoisotopic (exact) mass is 359 g/mol. The molecule has 0 saturated carbocycles. The van der Waals surface area contributed by atoms with Gasteiger partial charge >= 0.3 is 15.6 Å². The summed E-state index contributed by atoms with van der Waals surface area (Å²) in [5.41, 5.74) is -5.55. The molecule has 1 aliphatic rings. The van der Waals surface area contributed by atoms with Gasteiger partial charge in [-0.1, -0.05) is 6.07 Å². The summed E-state index contributed by atoms with van der Waals surface area (Å²) in [6.45, 7) is 5.11. The summed E-state index contributed by atoms with van der Waals surface area (Å²) in [5.74, 6) is -0.404. The van der Waals surface area contributed by atoms with Crippen LogP contribution in [0.4, 0.5) is 13.2 Å². The van der Waals surface area contributed by atoms with Crippen LogP contribution < -0.4 is 14.2 Å². The van der Waals surface area contributed by atoms with Gasteiger partial charge in [-0.25, -0.2) is 4.89 Å². The van der Waals surface area contributed by atoms with Crippen LogP contribution in [0.2, 0.25) is 0 Å². The Labute approximate surface area is 126 Å². The molecule has 1 N–H and O–H groups in total. The maximum atomic E-state index is 12.5. The summed E-state index contributed by atoms with van der Waals surface area (Å²) in [6.07, 6.45) is -0.0989. The predicted molar refractivity (Wildman–Crippen MR) is 76.1 cm³/mol. The minimum absolute atomic E-state index is 0.00956. The molecule has 1 heterocycles. The first-order chi connectivity index (χ1) is 9.80. The molecule has 1 atom stereocenters. The highest BCUT2D eigenvalue weighted by Crippen LogP contribution is 2.69. The second-order valence-electron chi connectivity index (χ2n) is 5.80. The molecule has 0 aromatic heterocycles. The summed E-state index contributed by atoms with van der Waals surface area (Å²) in [6, 6.07) is 3.83. The molecule has 0 saturated heterocycles. The minimum Gasteiger partial charge on any atom is -0.452 e. The van der Waals surface area contributed by atoms with Gasteiger partial charge in [0.05, 0.1) is 0 Å². The Bertz CT molecular complexity index is 696. The van der Waals surface area contributed by atoms with Crippen LogP contribution in [0.1, 0.15) is 20.8 Å². The van der Waals surface area contributed by atoms with Crippen LogP contribution >= 0.6 is 7.49 Å². The fraction of sp³-hybridized carbons (Fsp3) is 0.500. The van der Waals surface area contributed by atoms with Crippen molar-refractivity contribution in [2.75, 3.05) is 6.35 Å². The molecule has 0 spiro atoms. The van der Waals surface area contributed by atoms with E-state index in [1.165, 1.54) is 12.1 Å². The number of hydrogen-bond donors (Lipinski definition) is 1. The van der Waals surface area contributed by atoms with Gasteiger partial charge < -0.3 is 8.92 Å². The fourth-order valence-corrected chi connectivity index (χ4v) is 5.01. The van der Waals surface area contributed by atoms with E-state index in [2.05, 4.69) is 4.18 Å². The average Bonchev–Trinajstić information content (AvgIpc) is 2.67. The van der Waals surface area contributed by atoms with Gasteiger partial charge in [0.15, 0.2) is 11.5 Å². The maximum absolute atomic E-state index is 12.5. The number of alkyl halides is 3. The lowest BCUT2D eigenvalue weighted by atomic mass is 10.3. The van der Waals surface area contributed by atoms with Crippen LogP contribution in [0, 0.1) is 0 Å². The predicted octanol–water partition coefficient (Wildman–Crippen LogP) is 2.61. The first-order valence-corrected chi connectivity index (χ1v) is 9.51. The highest BCUT2D eigenvalue weighted by Gasteiger charge is 2.60. The van der Waals surface area contributed by atoms with Gasteiger partial charge in [-0.05, 0) is 32.9 Å². The summed E-state index contributed by atoms with van der Waals surface area (Å²) in [5, 5.41) is -0.699. The van der Waals surface area contributed by atoms with Crippen LogP contribution in [0.15, 0.2) is 18.2 Å². The Balaban J connectivity index is 2.57. The van der Waals surface area contributed by atoms with Crippen molar-refractivity contribution in [2.24, 2.45) is 0 Å². The highest BCUT2D eigenvalue weighted by molar-refractivity contribution is 7.88. The molecule has 1 aliphatic heterocycles. The summed E-state index contributed by atoms with van der Waals surface area (Å²) in [7, 11) is -8.87. The van der Waals surface area contributed by atoms with Gasteiger partial charge in [0.2, 0.25) is 19.1 Å². The topological polar surface area (TPSA) is 72.8 Å². The van der Waals surface area contributed by atoms with Crippen molar-refractivity contribution in [3.8, 4) is 11.5 Å². The molecule has 0 fully saturated rings. The highest BCUT2D eigenvalue weighted by atomic mass is 32.2. The largest absolute Gasteiger partial charge is 0.534 e. The molecule has 124 valence electrons. The van der Waals surface area contributed by atoms with Crippen molar-refractivity contribution >= 4 is 22.9 Å². The lowest BCUT2D eigenvalue weighted by Crippen LogP contribution is -2.32. The van der Waals surface area contributed by atoms with Crippen LogP contribution in [-0.2, 0) is 10.1 Å². The number of ether oxygens (including phenoxy) is 1. The quantitative estimate of drug-likeness (QED) is 0.499. The van der Waals surface area contributed by atoms with Crippen LogP contribution in [0.5, 0.6) is 11.5 Å². The second-order valence-corrected chi connectivity index (χ2v) is 10.9. The average molecular weight is 359 g/mol. The van der Waals surface area contributed by atoms with E-state index in [-0.39, 0.29) is 17.4 Å². The molecule has 0 bridgehead atoms. The van der Waals surface area contributed by atoms with E-state index in [0.29, 0.717) is 0 Å². The molecule has 22 heavy (non-hydrogen) atoms. The summed E-state index contributed by atoms with van der Waals surface area (Å²) >= 11 is 0. The van der Waals surface area contributed by atoms with E-state index < -0.39 is 34.0 Å². The molecule has 1 aromatic rings. The summed E-state index contributed by atoms with van der Waals surface area (Å²) in [4.78, 5) is 10.9. The normalized spacial score (nSPS) is 22.1. The van der Waals surface area contributed by atoms with Crippen molar-refractivity contribution in [2.45, 2.75) is 31.4 Å². The SMILES string of the molecule is CC(C)(C)[P+]1(O)COc2cccc(OS(=O)(=O)C(F)(F)F)c21. The van der Waals surface area contributed by atoms with Crippen LogP contribution in [0.3, 0.4) is 0 Å². The molecule has 0 aliphatic carbocycles. The Hall–Kier alpha value is -1.05. The number of benzene rings is 1. The van der Waals surface area contributed by atoms with Crippen molar-refractivity contribution in [3.05, 3.63) is 18.2 Å². The van der Waals surface area contributed by atoms with Crippen LogP contribution in [0.25, 0.3) is 0 Å². The molecule has 0 radical (unpaired) electrons. The Morgan fingerprint density at radius 2 is 1.86 bits per heavy atom. The van der Waals surface area contributed by atoms with Gasteiger partial charge in [-0.15, -0.1) is 0 Å². The van der Waals surface area contributed by atoms with Gasteiger partial charge in [0.25, 0.3) is 0 Å². The van der Waals surface area contributed by atoms with Gasteiger partial charge in [-0.3, -0.25) is 0 Å². The second kappa shape index (κ2) is 4.97. The molecule has 1 unspecified atom stereocenters. The molecule has 2 rings (SSSR count). The Morgan fingerprint density at radius 3 is 2.36 bits per heavy atom. The van der Waals surface area contributed by atoms with E-state index >= 15 is 0 Å². The standard InChI is InChI=1S/C12H15F3O5PS/c1-11(2,3)21(16)7-19-8-5-4-6-9(10(8)21)20-22(17,18)12(13,14)15/h4-6,16H,7H2,1-3H3/q+1. The molecule has 10 heteroatoms. The minimum atomic E-state index is -5.82. The van der Waals surface area contributed by atoms with E-state index in [1.807, 2.05) is 0 Å². The molecule has 1 aromatic carbocycles. The van der Waals surface area contributed by atoms with E-state index in [0.717, 1.165) is 6.07 Å². The molecular weight excluding hydrogens is 344 g/mol. The zero-order valence-electron chi connectivity index (χ0n) is 12.0. The number of fused-ring (bicyclic) bond motifs is 1. The van der Waals surface area contributed by atoms with E-state index in [9.17, 15) is 26.5 Å². The van der Waals surface area contributed by atoms with E-state index in [4.69, 9.17) is 4.74 Å². The number of rotatable bonds is 2. The van der Waals surface area contributed by atoms with Gasteiger partial charge in [0.1, 0.15) is 5.16 Å². The third-order valence-corrected chi connectivity index (χ3v) is 8.20. The zero-order valence-corrected chi connectivity index (χ0v) is 13.7. The molecular formula is C12H15F3O5PS+. The van der Waals surface area contributed by atoms with E-state index in [1.54, 1.807) is 20.8 Å². The lowest BCUT2D eigenvalue weighted by molar-refractivity contribution is -0.0499. The van der Waals surface area contributed by atoms with Crippen molar-refractivity contribution in [1.82, 2.24) is 0 Å². The van der Waals surface area contributed by atoms with Crippen molar-refractivity contribution in [1.29, 1.82) is 0 Å². The van der Waals surface area contributed by atoms with Crippen LogP contribution in [-0.4, -0.2) is 30.3 Å². The van der Waals surface area contributed by atoms with Crippen molar-refractivity contribution in [3.63, 3.8) is 0 Å². The van der Waals surface area contributed by atoms with Gasteiger partial charge in [0, 0.05) is 0 Å². The zero-order chi connectivity index (χ0) is 17.0.